The third-order valence-corrected chi connectivity index (χ3v) is 3.06. The number of rotatable bonds is 5. The molecule has 1 aromatic heterocycles. The van der Waals surface area contributed by atoms with Crippen molar-refractivity contribution < 1.29 is 9.90 Å². The number of hydrogen-bond donors (Lipinski definition) is 2. The van der Waals surface area contributed by atoms with E-state index in [0.717, 1.165) is 12.0 Å². The van der Waals surface area contributed by atoms with E-state index in [4.69, 9.17) is 5.11 Å². The summed E-state index contributed by atoms with van der Waals surface area (Å²) in [5, 5.41) is 12.0. The highest BCUT2D eigenvalue weighted by atomic mass is 16.3. The number of aliphatic hydroxyl groups excluding tert-OH is 1. The Kier molecular flexibility index (Phi) is 5.58. The molecule has 0 saturated heterocycles. The zero-order chi connectivity index (χ0) is 13.5. The average Bonchev–Trinajstić information content (AvgIpc) is 2.43. The second kappa shape index (κ2) is 6.96. The Morgan fingerprint density at radius 3 is 2.61 bits per heavy atom. The molecule has 0 spiro atoms. The number of aliphatic hydroxyl groups is 1. The van der Waals surface area contributed by atoms with E-state index in [1.54, 1.807) is 26.4 Å². The fourth-order valence-corrected chi connectivity index (χ4v) is 1.59. The first kappa shape index (κ1) is 14.4. The highest BCUT2D eigenvalue weighted by Gasteiger charge is 2.18. The Hall–Kier alpha value is -1.62. The van der Waals surface area contributed by atoms with Gasteiger partial charge in [0.2, 0.25) is 0 Å². The van der Waals surface area contributed by atoms with Crippen LogP contribution in [0.2, 0.25) is 0 Å². The summed E-state index contributed by atoms with van der Waals surface area (Å²) >= 11 is 0. The van der Waals surface area contributed by atoms with E-state index in [1.165, 1.54) is 4.90 Å². The Labute approximate surface area is 108 Å². The van der Waals surface area contributed by atoms with Crippen molar-refractivity contribution >= 4 is 6.03 Å². The number of amides is 2. The first-order valence-corrected chi connectivity index (χ1v) is 6.14. The quantitative estimate of drug-likeness (QED) is 0.834. The van der Waals surface area contributed by atoms with Gasteiger partial charge in [0.05, 0.1) is 18.7 Å². The smallest absolute Gasteiger partial charge is 0.317 e. The van der Waals surface area contributed by atoms with Crippen molar-refractivity contribution in [2.75, 3.05) is 13.7 Å². The molecule has 0 fully saturated rings. The fourth-order valence-electron chi connectivity index (χ4n) is 1.59. The van der Waals surface area contributed by atoms with Crippen LogP contribution >= 0.6 is 0 Å². The SMILES string of the molecule is CCC(NC(=O)N(C)C(C)CO)c1ccncc1. The molecule has 0 aliphatic rings. The summed E-state index contributed by atoms with van der Waals surface area (Å²) in [6, 6.07) is 3.38. The number of nitrogens with zero attached hydrogens (tertiary/aromatic N) is 2. The molecule has 5 heteroatoms. The Morgan fingerprint density at radius 1 is 1.50 bits per heavy atom. The van der Waals surface area contributed by atoms with Crippen LogP contribution in [0.4, 0.5) is 4.79 Å². The Balaban J connectivity index is 2.67. The van der Waals surface area contributed by atoms with Crippen LogP contribution in [0.15, 0.2) is 24.5 Å². The van der Waals surface area contributed by atoms with Crippen LogP contribution in [0.3, 0.4) is 0 Å². The lowest BCUT2D eigenvalue weighted by atomic mass is 10.1. The van der Waals surface area contributed by atoms with Crippen molar-refractivity contribution in [2.45, 2.75) is 32.4 Å². The summed E-state index contributed by atoms with van der Waals surface area (Å²) in [7, 11) is 1.68. The summed E-state index contributed by atoms with van der Waals surface area (Å²) in [4.78, 5) is 17.4. The van der Waals surface area contributed by atoms with Gasteiger partial charge in [-0.25, -0.2) is 4.79 Å². The van der Waals surface area contributed by atoms with Gasteiger partial charge in [0.1, 0.15) is 0 Å². The van der Waals surface area contributed by atoms with Crippen molar-refractivity contribution in [2.24, 2.45) is 0 Å². The Bertz CT molecular complexity index is 370. The van der Waals surface area contributed by atoms with E-state index in [9.17, 15) is 4.79 Å². The molecule has 2 amide bonds. The molecule has 100 valence electrons. The first-order chi connectivity index (χ1) is 8.60. The maximum absolute atomic E-state index is 12.0. The predicted molar refractivity (Wildman–Crippen MR) is 70.1 cm³/mol. The van der Waals surface area contributed by atoms with Gasteiger partial charge in [0.25, 0.3) is 0 Å². The normalized spacial score (nSPS) is 13.8. The number of nitrogens with one attached hydrogen (secondary N) is 1. The molecule has 5 nitrogen and oxygen atoms in total. The molecule has 0 bridgehead atoms. The molecule has 0 radical (unpaired) electrons. The largest absolute Gasteiger partial charge is 0.394 e. The summed E-state index contributed by atoms with van der Waals surface area (Å²) < 4.78 is 0. The number of hydrogen-bond acceptors (Lipinski definition) is 3. The van der Waals surface area contributed by atoms with Gasteiger partial charge < -0.3 is 15.3 Å². The van der Waals surface area contributed by atoms with Gasteiger partial charge >= 0.3 is 6.03 Å². The third kappa shape index (κ3) is 3.70. The lowest BCUT2D eigenvalue weighted by Crippen LogP contribution is -2.45. The van der Waals surface area contributed by atoms with Gasteiger partial charge in [0, 0.05) is 19.4 Å². The van der Waals surface area contributed by atoms with E-state index < -0.39 is 0 Å². The minimum Gasteiger partial charge on any atom is -0.394 e. The second-order valence-electron chi connectivity index (χ2n) is 4.33. The summed E-state index contributed by atoms with van der Waals surface area (Å²) in [5.74, 6) is 0. The summed E-state index contributed by atoms with van der Waals surface area (Å²) in [5.41, 5.74) is 1.03. The number of urea groups is 1. The molecule has 18 heavy (non-hydrogen) atoms. The lowest BCUT2D eigenvalue weighted by molar-refractivity contribution is 0.154. The number of carbonyl (C=O) groups excluding carboxylic acids is 1. The van der Waals surface area contributed by atoms with E-state index in [0.29, 0.717) is 0 Å². The highest BCUT2D eigenvalue weighted by molar-refractivity contribution is 5.74. The zero-order valence-electron chi connectivity index (χ0n) is 11.1. The molecule has 2 atom stereocenters. The summed E-state index contributed by atoms with van der Waals surface area (Å²) in [6.07, 6.45) is 4.23. The standard InChI is InChI=1S/C13H21N3O2/c1-4-12(11-5-7-14-8-6-11)15-13(18)16(3)10(2)9-17/h5-8,10,12,17H,4,9H2,1-3H3,(H,15,18). The molecule has 1 rings (SSSR count). The van der Waals surface area contributed by atoms with E-state index >= 15 is 0 Å². The molecule has 2 unspecified atom stereocenters. The average molecular weight is 251 g/mol. The van der Waals surface area contributed by atoms with Crippen molar-refractivity contribution in [3.63, 3.8) is 0 Å². The van der Waals surface area contributed by atoms with Gasteiger partial charge in [-0.3, -0.25) is 4.98 Å². The molecule has 0 aromatic carbocycles. The number of pyridine rings is 1. The van der Waals surface area contributed by atoms with Gasteiger partial charge in [-0.05, 0) is 31.0 Å². The number of likely N-dealkylation sites (N-methyl/N-ethyl adjacent to an activating group) is 1. The van der Waals surface area contributed by atoms with Crippen LogP contribution in [0, 0.1) is 0 Å². The van der Waals surface area contributed by atoms with Crippen LogP contribution in [0.1, 0.15) is 31.9 Å². The minimum absolute atomic E-state index is 0.0335. The molecule has 1 aromatic rings. The number of aromatic nitrogens is 1. The van der Waals surface area contributed by atoms with Crippen molar-refractivity contribution in [3.05, 3.63) is 30.1 Å². The van der Waals surface area contributed by atoms with Crippen LogP contribution < -0.4 is 5.32 Å². The predicted octanol–water partition coefficient (Wildman–Crippen LogP) is 1.55. The van der Waals surface area contributed by atoms with E-state index in [-0.39, 0.29) is 24.7 Å². The van der Waals surface area contributed by atoms with E-state index in [2.05, 4.69) is 10.3 Å². The molecule has 2 N–H and O–H groups in total. The molecular weight excluding hydrogens is 230 g/mol. The van der Waals surface area contributed by atoms with Crippen molar-refractivity contribution in [1.82, 2.24) is 15.2 Å². The van der Waals surface area contributed by atoms with E-state index in [1.807, 2.05) is 19.1 Å². The van der Waals surface area contributed by atoms with Gasteiger partial charge in [-0.2, -0.15) is 0 Å². The maximum Gasteiger partial charge on any atom is 0.317 e. The first-order valence-electron chi connectivity index (χ1n) is 6.14. The topological polar surface area (TPSA) is 65.5 Å². The molecule has 0 aliphatic carbocycles. The van der Waals surface area contributed by atoms with Crippen LogP contribution in [0.25, 0.3) is 0 Å². The Morgan fingerprint density at radius 2 is 2.11 bits per heavy atom. The molecule has 1 heterocycles. The van der Waals surface area contributed by atoms with Crippen LogP contribution in [0.5, 0.6) is 0 Å². The monoisotopic (exact) mass is 251 g/mol. The van der Waals surface area contributed by atoms with Gasteiger partial charge in [-0.1, -0.05) is 6.92 Å². The minimum atomic E-state index is -0.194. The van der Waals surface area contributed by atoms with Crippen molar-refractivity contribution in [1.29, 1.82) is 0 Å². The lowest BCUT2D eigenvalue weighted by Gasteiger charge is -2.26. The van der Waals surface area contributed by atoms with Gasteiger partial charge in [0.15, 0.2) is 0 Å². The zero-order valence-corrected chi connectivity index (χ0v) is 11.1. The van der Waals surface area contributed by atoms with Gasteiger partial charge in [-0.15, -0.1) is 0 Å². The molecule has 0 saturated carbocycles. The maximum atomic E-state index is 12.0. The highest BCUT2D eigenvalue weighted by Crippen LogP contribution is 2.15. The van der Waals surface area contributed by atoms with Crippen LogP contribution in [-0.4, -0.2) is 40.7 Å². The van der Waals surface area contributed by atoms with Crippen LogP contribution in [-0.2, 0) is 0 Å². The van der Waals surface area contributed by atoms with Crippen molar-refractivity contribution in [3.8, 4) is 0 Å². The second-order valence-corrected chi connectivity index (χ2v) is 4.33. The number of carbonyl (C=O) groups is 1. The third-order valence-electron chi connectivity index (χ3n) is 3.06. The summed E-state index contributed by atoms with van der Waals surface area (Å²) in [6.45, 7) is 3.77. The molecule has 0 aliphatic heterocycles. The molecular formula is C13H21N3O2. The fraction of sp³-hybridized carbons (Fsp3) is 0.538.